The highest BCUT2D eigenvalue weighted by Crippen LogP contribution is 2.75. The Morgan fingerprint density at radius 2 is 1.69 bits per heavy atom. The second-order valence-corrected chi connectivity index (χ2v) is 18.0. The fraction of sp³-hybridized carbons (Fsp3) is 0.692. The molecule has 1 aromatic heterocycles. The predicted octanol–water partition coefficient (Wildman–Crippen LogP) is 8.59. The van der Waals surface area contributed by atoms with Gasteiger partial charge in [0.2, 0.25) is 0 Å². The molecule has 48 heavy (non-hydrogen) atoms. The zero-order valence-corrected chi connectivity index (χ0v) is 29.8. The Hall–Kier alpha value is -3.36. The monoisotopic (exact) mass is 656 g/mol. The molecule has 0 amide bonds. The maximum Gasteiger partial charge on any atom is 0.313 e. The van der Waals surface area contributed by atoms with Crippen LogP contribution in [0.3, 0.4) is 0 Å². The van der Waals surface area contributed by atoms with Crippen LogP contribution in [0.4, 0.5) is 5.69 Å². The second kappa shape index (κ2) is 10.8. The van der Waals surface area contributed by atoms with Gasteiger partial charge in [0.25, 0.3) is 5.69 Å². The van der Waals surface area contributed by atoms with Gasteiger partial charge >= 0.3 is 5.97 Å². The summed E-state index contributed by atoms with van der Waals surface area (Å²) in [5.74, 6) is 1.38. The number of ether oxygens (including phenoxy) is 1. The zero-order valence-electron chi connectivity index (χ0n) is 29.8. The first-order valence-electron chi connectivity index (χ1n) is 18.0. The number of nitrogens with zero attached hydrogens (tertiary/aromatic N) is 4. The lowest BCUT2D eigenvalue weighted by molar-refractivity contribution is -0.384. The molecular weight excluding hydrogens is 604 g/mol. The summed E-state index contributed by atoms with van der Waals surface area (Å²) >= 11 is 0. The van der Waals surface area contributed by atoms with Crippen molar-refractivity contribution < 1.29 is 19.2 Å². The van der Waals surface area contributed by atoms with Crippen molar-refractivity contribution in [2.75, 3.05) is 0 Å². The topological polar surface area (TPSA) is 117 Å². The van der Waals surface area contributed by atoms with E-state index in [-0.39, 0.29) is 51.3 Å². The fourth-order valence-corrected chi connectivity index (χ4v) is 11.9. The quantitative estimate of drug-likeness (QED) is 0.137. The number of nitro benzene ring substituents is 1. The summed E-state index contributed by atoms with van der Waals surface area (Å²) < 4.78 is 7.70. The van der Waals surface area contributed by atoms with E-state index in [1.54, 1.807) is 23.0 Å². The standard InChI is InChI=1S/C39H52N4O5/c1-34(2)18-20-39(33(45)48-24-25-23-42(41-40-25)26-8-10-27(11-9-26)43(46)47)21-19-37(6)28(29(39)22-34)12-13-31-36(5)16-15-32(44)35(3,4)30(36)14-17-38(31,37)7/h8-12,23,29-31H,13-22,24H2,1-7H3/t29-,30-,31+,36-,37+,38+,39-/m0/s1. The van der Waals surface area contributed by atoms with Crippen molar-refractivity contribution >= 4 is 17.4 Å². The van der Waals surface area contributed by atoms with Gasteiger partial charge in [-0.15, -0.1) is 5.10 Å². The molecule has 5 aliphatic carbocycles. The summed E-state index contributed by atoms with van der Waals surface area (Å²) in [4.78, 5) is 38.1. The lowest BCUT2D eigenvalue weighted by Gasteiger charge is -2.70. The van der Waals surface area contributed by atoms with Crippen molar-refractivity contribution in [1.29, 1.82) is 0 Å². The molecule has 5 aliphatic rings. The molecule has 0 saturated heterocycles. The number of aromatic nitrogens is 3. The van der Waals surface area contributed by atoms with Crippen LogP contribution in [0.2, 0.25) is 0 Å². The van der Waals surface area contributed by atoms with Gasteiger partial charge in [0, 0.05) is 24.0 Å². The minimum absolute atomic E-state index is 0.00911. The number of non-ortho nitro benzene ring substituents is 1. The van der Waals surface area contributed by atoms with Gasteiger partial charge in [0.1, 0.15) is 18.1 Å². The van der Waals surface area contributed by atoms with Crippen molar-refractivity contribution in [2.45, 2.75) is 119 Å². The Balaban J connectivity index is 1.16. The molecule has 7 rings (SSSR count). The van der Waals surface area contributed by atoms with E-state index in [2.05, 4.69) is 64.9 Å². The van der Waals surface area contributed by atoms with Crippen molar-refractivity contribution in [3.8, 4) is 5.69 Å². The first-order valence-corrected chi connectivity index (χ1v) is 18.0. The van der Waals surface area contributed by atoms with E-state index in [1.165, 1.54) is 17.7 Å². The van der Waals surface area contributed by atoms with E-state index in [9.17, 15) is 19.7 Å². The second-order valence-electron chi connectivity index (χ2n) is 18.0. The molecule has 1 heterocycles. The van der Waals surface area contributed by atoms with E-state index in [4.69, 9.17) is 4.74 Å². The number of esters is 1. The summed E-state index contributed by atoms with van der Waals surface area (Å²) in [6, 6.07) is 6.12. The maximum absolute atomic E-state index is 14.4. The third-order valence-electron chi connectivity index (χ3n) is 15.0. The van der Waals surface area contributed by atoms with Gasteiger partial charge in [-0.05, 0) is 109 Å². The molecule has 1 aromatic carbocycles. The molecule has 9 heteroatoms. The van der Waals surface area contributed by atoms with E-state index in [1.807, 2.05) is 0 Å². The summed E-state index contributed by atoms with van der Waals surface area (Å²) in [5.41, 5.74) is 2.22. The van der Waals surface area contributed by atoms with E-state index in [0.717, 1.165) is 57.8 Å². The largest absolute Gasteiger partial charge is 0.459 e. The van der Waals surface area contributed by atoms with Gasteiger partial charge < -0.3 is 4.74 Å². The number of ketones is 1. The predicted molar refractivity (Wildman–Crippen MR) is 182 cm³/mol. The molecule has 0 radical (unpaired) electrons. The number of nitro groups is 1. The van der Waals surface area contributed by atoms with Crippen molar-refractivity contribution in [3.63, 3.8) is 0 Å². The number of hydrogen-bond donors (Lipinski definition) is 0. The van der Waals surface area contributed by atoms with Crippen LogP contribution in [0, 0.1) is 60.4 Å². The number of carbonyl (C=O) groups excluding carboxylic acids is 2. The third-order valence-corrected chi connectivity index (χ3v) is 15.0. The third kappa shape index (κ3) is 4.68. The van der Waals surface area contributed by atoms with Crippen LogP contribution in [-0.4, -0.2) is 31.7 Å². The molecule has 4 saturated carbocycles. The average molecular weight is 657 g/mol. The molecule has 0 bridgehead atoms. The lowest BCUT2D eigenvalue weighted by atomic mass is 9.33. The van der Waals surface area contributed by atoms with Gasteiger partial charge in [-0.3, -0.25) is 19.7 Å². The van der Waals surface area contributed by atoms with Gasteiger partial charge in [-0.2, -0.15) is 0 Å². The minimum atomic E-state index is -0.557. The van der Waals surface area contributed by atoms with Crippen molar-refractivity contribution in [1.82, 2.24) is 15.0 Å². The summed E-state index contributed by atoms with van der Waals surface area (Å²) in [7, 11) is 0. The van der Waals surface area contributed by atoms with Crippen LogP contribution < -0.4 is 0 Å². The smallest absolute Gasteiger partial charge is 0.313 e. The van der Waals surface area contributed by atoms with Gasteiger partial charge in [0.15, 0.2) is 0 Å². The van der Waals surface area contributed by atoms with Crippen LogP contribution >= 0.6 is 0 Å². The van der Waals surface area contributed by atoms with Gasteiger partial charge in [-0.25, -0.2) is 4.68 Å². The Kier molecular flexibility index (Phi) is 7.47. The van der Waals surface area contributed by atoms with Gasteiger partial charge in [0.05, 0.1) is 22.2 Å². The minimum Gasteiger partial charge on any atom is -0.459 e. The summed E-state index contributed by atoms with van der Waals surface area (Å²) in [6.07, 6.45) is 13.8. The summed E-state index contributed by atoms with van der Waals surface area (Å²) in [6.45, 7) is 16.7. The molecule has 0 spiro atoms. The average Bonchev–Trinajstić information content (AvgIpc) is 3.51. The highest BCUT2D eigenvalue weighted by atomic mass is 16.6. The Labute approximate surface area is 284 Å². The first-order chi connectivity index (χ1) is 22.5. The highest BCUT2D eigenvalue weighted by molar-refractivity contribution is 5.85. The fourth-order valence-electron chi connectivity index (χ4n) is 11.9. The molecule has 0 unspecified atom stereocenters. The van der Waals surface area contributed by atoms with Crippen molar-refractivity contribution in [3.05, 3.63) is 57.9 Å². The molecule has 2 aromatic rings. The van der Waals surface area contributed by atoms with Crippen LogP contribution in [0.25, 0.3) is 5.69 Å². The summed E-state index contributed by atoms with van der Waals surface area (Å²) in [5, 5.41) is 19.5. The van der Waals surface area contributed by atoms with Crippen LogP contribution in [0.1, 0.15) is 118 Å². The Morgan fingerprint density at radius 1 is 0.979 bits per heavy atom. The number of Topliss-reactive ketones (excluding diaryl/α,β-unsaturated/α-hetero) is 1. The number of fused-ring (bicyclic) bond motifs is 7. The molecule has 9 nitrogen and oxygen atoms in total. The number of carbonyl (C=O) groups is 2. The highest BCUT2D eigenvalue weighted by Gasteiger charge is 2.69. The molecular formula is C39H52N4O5. The van der Waals surface area contributed by atoms with Crippen molar-refractivity contribution in [2.24, 2.45) is 50.2 Å². The normalized spacial score (nSPS) is 38.0. The molecule has 4 fully saturated rings. The first kappa shape index (κ1) is 33.2. The SMILES string of the molecule is CC1(C)CC[C@]2(C(=O)OCc3cn(-c4ccc([N+](=O)[O-])cc4)nn3)CC[C@]3(C)C(=CC[C@@H]4[C@@]5(C)CCC(=O)C(C)(C)[C@@H]5CC[C@]43C)[C@@H]2C1. The number of rotatable bonds is 5. The number of hydrogen-bond acceptors (Lipinski definition) is 7. The molecule has 258 valence electrons. The van der Waals surface area contributed by atoms with E-state index in [0.29, 0.717) is 35.4 Å². The van der Waals surface area contributed by atoms with Gasteiger partial charge in [-0.1, -0.05) is 65.3 Å². The Morgan fingerprint density at radius 3 is 2.40 bits per heavy atom. The van der Waals surface area contributed by atoms with Crippen LogP contribution in [0.15, 0.2) is 42.1 Å². The molecule has 7 atom stereocenters. The number of allylic oxidation sites excluding steroid dienone is 2. The number of benzene rings is 1. The van der Waals surface area contributed by atoms with Crippen LogP contribution in [0.5, 0.6) is 0 Å². The molecule has 0 aliphatic heterocycles. The maximum atomic E-state index is 14.4. The molecule has 0 N–H and O–H groups in total. The lowest BCUT2D eigenvalue weighted by Crippen LogP contribution is -2.64. The van der Waals surface area contributed by atoms with E-state index < -0.39 is 10.3 Å². The van der Waals surface area contributed by atoms with Crippen LogP contribution in [-0.2, 0) is 20.9 Å². The zero-order chi connectivity index (χ0) is 34.5. The Bertz CT molecular complexity index is 1690. The van der Waals surface area contributed by atoms with E-state index >= 15 is 0 Å².